The van der Waals surface area contributed by atoms with Crippen molar-refractivity contribution in [1.29, 1.82) is 0 Å². The maximum Gasteiger partial charge on any atom is 0.119 e. The molecule has 0 aromatic heterocycles. The summed E-state index contributed by atoms with van der Waals surface area (Å²) in [6.07, 6.45) is 1.05. The second-order valence-electron chi connectivity index (χ2n) is 5.06. The zero-order chi connectivity index (χ0) is 15.1. The summed E-state index contributed by atoms with van der Waals surface area (Å²) in [4.78, 5) is 0. The minimum Gasteiger partial charge on any atom is -0.497 e. The van der Waals surface area contributed by atoms with Crippen LogP contribution in [0.2, 0.25) is 0 Å². The average Bonchev–Trinajstić information content (AvgIpc) is 2.56. The van der Waals surface area contributed by atoms with Crippen molar-refractivity contribution in [3.05, 3.63) is 65.2 Å². The third-order valence-corrected chi connectivity index (χ3v) is 3.66. The van der Waals surface area contributed by atoms with Crippen LogP contribution in [0.3, 0.4) is 0 Å². The van der Waals surface area contributed by atoms with E-state index in [0.29, 0.717) is 0 Å². The van der Waals surface area contributed by atoms with Gasteiger partial charge in [0.25, 0.3) is 0 Å². The molecule has 21 heavy (non-hydrogen) atoms. The number of nitrogens with one attached hydrogen (secondary N) is 1. The fourth-order valence-corrected chi connectivity index (χ4v) is 2.28. The summed E-state index contributed by atoms with van der Waals surface area (Å²) in [7, 11) is 1.65. The van der Waals surface area contributed by atoms with Gasteiger partial charge in [0.1, 0.15) is 5.75 Å². The quantitative estimate of drug-likeness (QED) is 0.821. The van der Waals surface area contributed by atoms with Crippen LogP contribution in [0.1, 0.15) is 29.7 Å². The highest BCUT2D eigenvalue weighted by Gasteiger charge is 2.10. The van der Waals surface area contributed by atoms with E-state index in [-0.39, 0.29) is 12.6 Å². The lowest BCUT2D eigenvalue weighted by molar-refractivity contribution is 0.243. The van der Waals surface area contributed by atoms with E-state index in [1.54, 1.807) is 7.11 Å². The van der Waals surface area contributed by atoms with Gasteiger partial charge < -0.3 is 15.2 Å². The lowest BCUT2D eigenvalue weighted by Gasteiger charge is -2.17. The molecule has 3 heteroatoms. The van der Waals surface area contributed by atoms with E-state index in [2.05, 4.69) is 36.5 Å². The maximum absolute atomic E-state index is 9.60. The fourth-order valence-electron chi connectivity index (χ4n) is 2.28. The Morgan fingerprint density at radius 1 is 1.10 bits per heavy atom. The third kappa shape index (κ3) is 4.31. The smallest absolute Gasteiger partial charge is 0.119 e. The van der Waals surface area contributed by atoms with E-state index in [0.717, 1.165) is 24.3 Å². The zero-order valence-corrected chi connectivity index (χ0v) is 12.7. The van der Waals surface area contributed by atoms with Gasteiger partial charge in [-0.2, -0.15) is 0 Å². The molecule has 0 fully saturated rings. The summed E-state index contributed by atoms with van der Waals surface area (Å²) in [5.41, 5.74) is 3.58. The Labute approximate surface area is 126 Å². The van der Waals surface area contributed by atoms with Crippen LogP contribution in [0, 0.1) is 0 Å². The lowest BCUT2D eigenvalue weighted by Crippen LogP contribution is -2.24. The van der Waals surface area contributed by atoms with Crippen molar-refractivity contribution in [2.24, 2.45) is 0 Å². The number of benzene rings is 2. The Hall–Kier alpha value is -1.84. The standard InChI is InChI=1S/C18H23NO2/c1-3-14-7-9-15(10-8-14)12-19-18(13-20)16-5-4-6-17(11-16)21-2/h4-11,18-20H,3,12-13H2,1-2H3. The molecule has 3 nitrogen and oxygen atoms in total. The first-order chi connectivity index (χ1) is 10.3. The molecule has 0 aliphatic rings. The van der Waals surface area contributed by atoms with Crippen molar-refractivity contribution in [2.75, 3.05) is 13.7 Å². The highest BCUT2D eigenvalue weighted by Crippen LogP contribution is 2.19. The van der Waals surface area contributed by atoms with Crippen LogP contribution >= 0.6 is 0 Å². The molecule has 0 bridgehead atoms. The van der Waals surface area contributed by atoms with Crippen molar-refractivity contribution in [2.45, 2.75) is 25.9 Å². The normalized spacial score (nSPS) is 12.1. The number of hydrogen-bond acceptors (Lipinski definition) is 3. The van der Waals surface area contributed by atoms with Crippen LogP contribution in [-0.2, 0) is 13.0 Å². The van der Waals surface area contributed by atoms with Gasteiger partial charge in [-0.25, -0.2) is 0 Å². The molecule has 0 aliphatic carbocycles. The second-order valence-corrected chi connectivity index (χ2v) is 5.06. The summed E-state index contributed by atoms with van der Waals surface area (Å²) in [5.74, 6) is 0.806. The molecule has 0 amide bonds. The predicted molar refractivity (Wildman–Crippen MR) is 85.5 cm³/mol. The molecule has 0 radical (unpaired) electrons. The van der Waals surface area contributed by atoms with Crippen LogP contribution < -0.4 is 10.1 Å². The van der Waals surface area contributed by atoms with Crippen LogP contribution in [0.5, 0.6) is 5.75 Å². The minimum atomic E-state index is -0.0917. The highest BCUT2D eigenvalue weighted by molar-refractivity contribution is 5.31. The molecular weight excluding hydrogens is 262 g/mol. The third-order valence-electron chi connectivity index (χ3n) is 3.66. The van der Waals surface area contributed by atoms with Gasteiger partial charge in [-0.3, -0.25) is 0 Å². The topological polar surface area (TPSA) is 41.5 Å². The summed E-state index contributed by atoms with van der Waals surface area (Å²) < 4.78 is 5.23. The van der Waals surface area contributed by atoms with Crippen molar-refractivity contribution in [3.8, 4) is 5.75 Å². The fraction of sp³-hybridized carbons (Fsp3) is 0.333. The Balaban J connectivity index is 2.01. The monoisotopic (exact) mass is 285 g/mol. The SMILES string of the molecule is CCc1ccc(CNC(CO)c2cccc(OC)c2)cc1. The lowest BCUT2D eigenvalue weighted by atomic mass is 10.1. The van der Waals surface area contributed by atoms with Crippen LogP contribution in [0.4, 0.5) is 0 Å². The summed E-state index contributed by atoms with van der Waals surface area (Å²) >= 11 is 0. The second kappa shape index (κ2) is 7.81. The Kier molecular flexibility index (Phi) is 5.78. The number of hydrogen-bond donors (Lipinski definition) is 2. The summed E-state index contributed by atoms with van der Waals surface area (Å²) in [6.45, 7) is 2.93. The first-order valence-corrected chi connectivity index (χ1v) is 7.32. The van der Waals surface area contributed by atoms with Gasteiger partial charge in [-0.05, 0) is 35.2 Å². The van der Waals surface area contributed by atoms with Gasteiger partial charge in [0.15, 0.2) is 0 Å². The van der Waals surface area contributed by atoms with Gasteiger partial charge in [0, 0.05) is 6.54 Å². The number of ether oxygens (including phenoxy) is 1. The van der Waals surface area contributed by atoms with Crippen molar-refractivity contribution in [1.82, 2.24) is 5.32 Å². The number of aliphatic hydroxyl groups is 1. The van der Waals surface area contributed by atoms with E-state index >= 15 is 0 Å². The first kappa shape index (κ1) is 15.5. The van der Waals surface area contributed by atoms with E-state index in [4.69, 9.17) is 4.74 Å². The number of methoxy groups -OCH3 is 1. The Bertz CT molecular complexity index is 551. The molecule has 0 saturated heterocycles. The van der Waals surface area contributed by atoms with Gasteiger partial charge in [0.2, 0.25) is 0 Å². The number of rotatable bonds is 7. The Morgan fingerprint density at radius 3 is 2.43 bits per heavy atom. The van der Waals surface area contributed by atoms with E-state index < -0.39 is 0 Å². The van der Waals surface area contributed by atoms with E-state index in [9.17, 15) is 5.11 Å². The zero-order valence-electron chi connectivity index (χ0n) is 12.7. The molecule has 1 atom stereocenters. The van der Waals surface area contributed by atoms with E-state index in [1.807, 2.05) is 24.3 Å². The summed E-state index contributed by atoms with van der Waals surface area (Å²) in [5, 5.41) is 13.0. The van der Waals surface area contributed by atoms with Crippen molar-refractivity contribution in [3.63, 3.8) is 0 Å². The van der Waals surface area contributed by atoms with Crippen LogP contribution in [0.15, 0.2) is 48.5 Å². The maximum atomic E-state index is 9.60. The van der Waals surface area contributed by atoms with Gasteiger partial charge in [-0.1, -0.05) is 43.3 Å². The molecule has 2 rings (SSSR count). The molecule has 0 heterocycles. The van der Waals surface area contributed by atoms with Crippen molar-refractivity contribution < 1.29 is 9.84 Å². The van der Waals surface area contributed by atoms with Crippen molar-refractivity contribution >= 4 is 0 Å². The first-order valence-electron chi connectivity index (χ1n) is 7.32. The predicted octanol–water partition coefficient (Wildman–Crippen LogP) is 3.08. The van der Waals surface area contributed by atoms with Crippen LogP contribution in [-0.4, -0.2) is 18.8 Å². The van der Waals surface area contributed by atoms with Gasteiger partial charge in [0.05, 0.1) is 19.8 Å². The molecule has 0 spiro atoms. The van der Waals surface area contributed by atoms with Gasteiger partial charge >= 0.3 is 0 Å². The molecule has 2 aromatic carbocycles. The molecule has 2 aromatic rings. The Morgan fingerprint density at radius 2 is 1.81 bits per heavy atom. The molecular formula is C18H23NO2. The summed E-state index contributed by atoms with van der Waals surface area (Å²) in [6, 6.07) is 16.3. The average molecular weight is 285 g/mol. The highest BCUT2D eigenvalue weighted by atomic mass is 16.5. The molecule has 1 unspecified atom stereocenters. The molecule has 2 N–H and O–H groups in total. The molecule has 0 saturated carbocycles. The largest absolute Gasteiger partial charge is 0.497 e. The van der Waals surface area contributed by atoms with Crippen LogP contribution in [0.25, 0.3) is 0 Å². The molecule has 112 valence electrons. The van der Waals surface area contributed by atoms with Gasteiger partial charge in [-0.15, -0.1) is 0 Å². The number of aryl methyl sites for hydroxylation is 1. The number of aliphatic hydroxyl groups excluding tert-OH is 1. The molecule has 0 aliphatic heterocycles. The van der Waals surface area contributed by atoms with E-state index in [1.165, 1.54) is 11.1 Å². The minimum absolute atomic E-state index is 0.0558.